The molecule has 0 bridgehead atoms. The Bertz CT molecular complexity index is 997. The Kier molecular flexibility index (Phi) is 5.70. The van der Waals surface area contributed by atoms with Gasteiger partial charge in [0.15, 0.2) is 9.84 Å². The zero-order valence-electron chi connectivity index (χ0n) is 15.6. The summed E-state index contributed by atoms with van der Waals surface area (Å²) in [5, 5.41) is 13.9. The normalized spacial score (nSPS) is 11.9. The van der Waals surface area contributed by atoms with Crippen molar-refractivity contribution in [3.63, 3.8) is 0 Å². The van der Waals surface area contributed by atoms with Gasteiger partial charge in [0, 0.05) is 29.5 Å². The molecular formula is C19H22N2O5S. The predicted molar refractivity (Wildman–Crippen MR) is 103 cm³/mol. The van der Waals surface area contributed by atoms with Gasteiger partial charge in [-0.3, -0.25) is 14.9 Å². The molecule has 1 N–H and O–H groups in total. The Morgan fingerprint density at radius 3 is 2.37 bits per heavy atom. The number of aryl methyl sites for hydroxylation is 1. The third-order valence-corrected chi connectivity index (χ3v) is 5.23. The van der Waals surface area contributed by atoms with Gasteiger partial charge in [-0.2, -0.15) is 0 Å². The number of nitro benzene ring substituents is 1. The quantitative estimate of drug-likeness (QED) is 0.603. The number of hydrogen-bond acceptors (Lipinski definition) is 5. The molecule has 0 radical (unpaired) electrons. The van der Waals surface area contributed by atoms with Gasteiger partial charge in [-0.25, -0.2) is 8.42 Å². The van der Waals surface area contributed by atoms with E-state index in [1.54, 1.807) is 0 Å². The Morgan fingerprint density at radius 1 is 1.19 bits per heavy atom. The van der Waals surface area contributed by atoms with Crippen molar-refractivity contribution in [3.8, 4) is 0 Å². The van der Waals surface area contributed by atoms with Crippen LogP contribution in [-0.4, -0.2) is 31.0 Å². The van der Waals surface area contributed by atoms with Crippen molar-refractivity contribution in [2.45, 2.75) is 37.6 Å². The van der Waals surface area contributed by atoms with E-state index in [0.717, 1.165) is 35.6 Å². The molecule has 0 aromatic heterocycles. The maximum Gasteiger partial charge on any atom is 0.271 e. The molecule has 2 aromatic carbocycles. The average molecular weight is 390 g/mol. The Hall–Kier alpha value is -2.74. The van der Waals surface area contributed by atoms with Gasteiger partial charge >= 0.3 is 0 Å². The number of nitrogens with one attached hydrogen (secondary N) is 1. The molecule has 27 heavy (non-hydrogen) atoms. The SMILES string of the molecule is Cc1ccccc1CC(C)(C)NC(=O)c1cc([N+](=O)[O-])cc(S(C)(=O)=O)c1. The van der Waals surface area contributed by atoms with Gasteiger partial charge in [-0.05, 0) is 44.4 Å². The number of nitro groups is 1. The first-order valence-electron chi connectivity index (χ1n) is 8.26. The van der Waals surface area contributed by atoms with Gasteiger partial charge in [0.05, 0.1) is 9.82 Å². The molecule has 0 heterocycles. The number of nitrogens with zero attached hydrogens (tertiary/aromatic N) is 1. The largest absolute Gasteiger partial charge is 0.347 e. The van der Waals surface area contributed by atoms with Crippen LogP contribution in [0.1, 0.15) is 35.3 Å². The summed E-state index contributed by atoms with van der Waals surface area (Å²) < 4.78 is 23.6. The highest BCUT2D eigenvalue weighted by Crippen LogP contribution is 2.22. The highest BCUT2D eigenvalue weighted by molar-refractivity contribution is 7.90. The van der Waals surface area contributed by atoms with E-state index in [9.17, 15) is 23.3 Å². The number of rotatable bonds is 6. The van der Waals surface area contributed by atoms with Crippen molar-refractivity contribution in [1.82, 2.24) is 5.32 Å². The highest BCUT2D eigenvalue weighted by Gasteiger charge is 2.25. The standard InChI is InChI=1S/C19H22N2O5S/c1-13-7-5-6-8-14(13)12-19(2,3)20-18(22)15-9-16(21(23)24)11-17(10-15)27(4,25)26/h5-11H,12H2,1-4H3,(H,20,22). The van der Waals surface area contributed by atoms with Gasteiger partial charge in [-0.15, -0.1) is 0 Å². The van der Waals surface area contributed by atoms with E-state index in [1.807, 2.05) is 45.0 Å². The van der Waals surface area contributed by atoms with E-state index in [4.69, 9.17) is 0 Å². The van der Waals surface area contributed by atoms with Crippen molar-refractivity contribution in [1.29, 1.82) is 0 Å². The monoisotopic (exact) mass is 390 g/mol. The highest BCUT2D eigenvalue weighted by atomic mass is 32.2. The second kappa shape index (κ2) is 7.48. The molecule has 0 fully saturated rings. The lowest BCUT2D eigenvalue weighted by atomic mass is 9.92. The van der Waals surface area contributed by atoms with E-state index in [2.05, 4.69) is 5.32 Å². The number of carbonyl (C=O) groups is 1. The maximum absolute atomic E-state index is 12.7. The van der Waals surface area contributed by atoms with Crippen LogP contribution in [0.25, 0.3) is 0 Å². The van der Waals surface area contributed by atoms with E-state index in [1.165, 1.54) is 0 Å². The van der Waals surface area contributed by atoms with Crippen LogP contribution < -0.4 is 5.32 Å². The van der Waals surface area contributed by atoms with Gasteiger partial charge in [0.25, 0.3) is 11.6 Å². The molecule has 8 heteroatoms. The van der Waals surface area contributed by atoms with Gasteiger partial charge in [-0.1, -0.05) is 24.3 Å². The number of benzene rings is 2. The molecule has 2 rings (SSSR count). The number of sulfone groups is 1. The summed E-state index contributed by atoms with van der Waals surface area (Å²) in [7, 11) is -3.70. The van der Waals surface area contributed by atoms with Crippen molar-refractivity contribution in [3.05, 3.63) is 69.3 Å². The van der Waals surface area contributed by atoms with Crippen LogP contribution in [0.15, 0.2) is 47.4 Å². The number of hydrogen-bond donors (Lipinski definition) is 1. The zero-order valence-corrected chi connectivity index (χ0v) is 16.5. The lowest BCUT2D eigenvalue weighted by Crippen LogP contribution is -2.45. The van der Waals surface area contributed by atoms with Crippen LogP contribution in [0, 0.1) is 17.0 Å². The van der Waals surface area contributed by atoms with Crippen LogP contribution >= 0.6 is 0 Å². The summed E-state index contributed by atoms with van der Waals surface area (Å²) in [6.45, 7) is 5.66. The molecule has 0 spiro atoms. The first-order chi connectivity index (χ1) is 12.4. The predicted octanol–water partition coefficient (Wildman–Crippen LogP) is 3.06. The van der Waals surface area contributed by atoms with E-state index in [0.29, 0.717) is 6.42 Å². The Balaban J connectivity index is 2.32. The second-order valence-corrected chi connectivity index (χ2v) is 9.20. The van der Waals surface area contributed by atoms with Crippen LogP contribution in [0.4, 0.5) is 5.69 Å². The summed E-state index contributed by atoms with van der Waals surface area (Å²) >= 11 is 0. The van der Waals surface area contributed by atoms with Crippen LogP contribution in [0.5, 0.6) is 0 Å². The minimum atomic E-state index is -3.70. The molecule has 144 valence electrons. The Labute approximate surface area is 158 Å². The summed E-state index contributed by atoms with van der Waals surface area (Å²) in [5.41, 5.74) is 1.01. The molecule has 2 aromatic rings. The van der Waals surface area contributed by atoms with Crippen molar-refractivity contribution >= 4 is 21.4 Å². The molecular weight excluding hydrogens is 368 g/mol. The van der Waals surface area contributed by atoms with E-state index in [-0.39, 0.29) is 10.5 Å². The van der Waals surface area contributed by atoms with E-state index < -0.39 is 31.9 Å². The maximum atomic E-state index is 12.7. The minimum Gasteiger partial charge on any atom is -0.347 e. The lowest BCUT2D eigenvalue weighted by Gasteiger charge is -2.27. The molecule has 0 aliphatic carbocycles. The van der Waals surface area contributed by atoms with Crippen molar-refractivity contribution in [2.75, 3.05) is 6.26 Å². The smallest absolute Gasteiger partial charge is 0.271 e. The molecule has 0 atom stereocenters. The molecule has 7 nitrogen and oxygen atoms in total. The summed E-state index contributed by atoms with van der Waals surface area (Å²) in [4.78, 5) is 22.8. The lowest BCUT2D eigenvalue weighted by molar-refractivity contribution is -0.385. The third kappa shape index (κ3) is 5.37. The average Bonchev–Trinajstić information content (AvgIpc) is 2.55. The molecule has 1 amide bonds. The molecule has 0 aliphatic rings. The fraction of sp³-hybridized carbons (Fsp3) is 0.316. The van der Waals surface area contributed by atoms with Crippen LogP contribution in [-0.2, 0) is 16.3 Å². The summed E-state index contributed by atoms with van der Waals surface area (Å²) in [6.07, 6.45) is 1.50. The molecule has 0 unspecified atom stereocenters. The van der Waals surface area contributed by atoms with Crippen molar-refractivity contribution in [2.24, 2.45) is 0 Å². The van der Waals surface area contributed by atoms with Crippen LogP contribution in [0.3, 0.4) is 0 Å². The van der Waals surface area contributed by atoms with E-state index >= 15 is 0 Å². The fourth-order valence-corrected chi connectivity index (χ4v) is 3.42. The topological polar surface area (TPSA) is 106 Å². The Morgan fingerprint density at radius 2 is 1.81 bits per heavy atom. The third-order valence-electron chi connectivity index (χ3n) is 4.14. The summed E-state index contributed by atoms with van der Waals surface area (Å²) in [6, 6.07) is 11.0. The summed E-state index contributed by atoms with van der Waals surface area (Å²) in [5.74, 6) is -0.567. The fourth-order valence-electron chi connectivity index (χ4n) is 2.74. The molecule has 0 saturated heterocycles. The van der Waals surface area contributed by atoms with Gasteiger partial charge in [0.1, 0.15) is 0 Å². The van der Waals surface area contributed by atoms with Crippen molar-refractivity contribution < 1.29 is 18.1 Å². The van der Waals surface area contributed by atoms with Gasteiger partial charge in [0.2, 0.25) is 0 Å². The minimum absolute atomic E-state index is 0.0671. The zero-order chi connectivity index (χ0) is 20.4. The van der Waals surface area contributed by atoms with Gasteiger partial charge < -0.3 is 5.32 Å². The first-order valence-corrected chi connectivity index (χ1v) is 10.1. The number of amides is 1. The molecule has 0 aliphatic heterocycles. The number of non-ortho nitro benzene ring substituents is 1. The van der Waals surface area contributed by atoms with Crippen LogP contribution in [0.2, 0.25) is 0 Å². The molecule has 0 saturated carbocycles. The second-order valence-electron chi connectivity index (χ2n) is 7.19. The number of carbonyl (C=O) groups excluding carboxylic acids is 1. The first kappa shape index (κ1) is 20.6.